The first-order valence-electron chi connectivity index (χ1n) is 14.6. The Kier molecular flexibility index (Phi) is 7.64. The zero-order valence-electron chi connectivity index (χ0n) is 23.2. The van der Waals surface area contributed by atoms with E-state index in [1.165, 1.54) is 0 Å². The molecular weight excluding hydrogens is 544 g/mol. The lowest BCUT2D eigenvalue weighted by Crippen LogP contribution is -2.42. The summed E-state index contributed by atoms with van der Waals surface area (Å²) in [6.45, 7) is 5.05. The van der Waals surface area contributed by atoms with Gasteiger partial charge in [-0.2, -0.15) is 15.9 Å². The van der Waals surface area contributed by atoms with Gasteiger partial charge in [0.2, 0.25) is 5.91 Å². The third-order valence-corrected chi connectivity index (χ3v) is 12.5. The Morgan fingerprint density at radius 2 is 1.80 bits per heavy atom. The summed E-state index contributed by atoms with van der Waals surface area (Å²) in [7, 11) is -2.44. The lowest BCUT2D eigenvalue weighted by molar-refractivity contribution is -0.127. The van der Waals surface area contributed by atoms with Gasteiger partial charge in [-0.05, 0) is 56.2 Å². The van der Waals surface area contributed by atoms with Crippen molar-refractivity contribution in [3.05, 3.63) is 35.0 Å². The number of nitrogens with one attached hydrogen (secondary N) is 1. The molecule has 4 fully saturated rings. The molecule has 1 aromatic heterocycles. The molecule has 4 aliphatic rings. The van der Waals surface area contributed by atoms with Crippen LogP contribution < -0.4 is 10.2 Å². The van der Waals surface area contributed by atoms with Gasteiger partial charge < -0.3 is 15.0 Å². The fourth-order valence-corrected chi connectivity index (χ4v) is 8.96. The second-order valence-electron chi connectivity index (χ2n) is 12.3. The number of rotatable bonds is 6. The predicted octanol–water partition coefficient (Wildman–Crippen LogP) is 5.89. The van der Waals surface area contributed by atoms with Crippen molar-refractivity contribution in [3.8, 4) is 16.5 Å². The van der Waals surface area contributed by atoms with Crippen LogP contribution >= 0.6 is 21.9 Å². The summed E-state index contributed by atoms with van der Waals surface area (Å²) in [5.74, 6) is 0.685. The third-order valence-electron chi connectivity index (χ3n) is 9.42. The Balaban J connectivity index is 1.33. The molecule has 2 saturated carbocycles. The quantitative estimate of drug-likeness (QED) is 0.387. The molecule has 0 bridgehead atoms. The van der Waals surface area contributed by atoms with Crippen molar-refractivity contribution < 1.29 is 18.6 Å². The number of aromatic nitrogens is 1. The first kappa shape index (κ1) is 28.0. The van der Waals surface area contributed by atoms with Crippen LogP contribution in [0, 0.1) is 17.2 Å². The van der Waals surface area contributed by atoms with Crippen molar-refractivity contribution in [1.82, 2.24) is 10.3 Å². The highest BCUT2D eigenvalue weighted by Gasteiger charge is 2.47. The molecular formula is C30H40N4O4S2. The molecule has 0 radical (unpaired) electrons. The summed E-state index contributed by atoms with van der Waals surface area (Å²) in [5.41, 5.74) is 2.53. The number of hydrogen-bond donors (Lipinski definition) is 3. The number of carbonyl (C=O) groups excluding carboxylic acids is 1. The van der Waals surface area contributed by atoms with E-state index in [1.54, 1.807) is 11.3 Å². The Morgan fingerprint density at radius 1 is 1.12 bits per heavy atom. The monoisotopic (exact) mass is 584 g/mol. The standard InChI is InChI=1S/C30H40N4O4S2/c1-29(12-16-38-17-13-29)28-32-25(23-4-2-3-5-24(23)27(35)33-30(20-31)10-11-30)26(39-28)21-6-8-22(9-7-21)34-14-18-40(36,37)19-15-34/h6-9,23-24,36-37H,2-5,10-19H2,1H3,(H,33,35)/t23-,24-/m1/s1. The van der Waals surface area contributed by atoms with Crippen LogP contribution in [0.4, 0.5) is 5.69 Å². The summed E-state index contributed by atoms with van der Waals surface area (Å²) < 4.78 is 25.7. The lowest BCUT2D eigenvalue weighted by atomic mass is 9.76. The van der Waals surface area contributed by atoms with Gasteiger partial charge in [0.25, 0.3) is 0 Å². The van der Waals surface area contributed by atoms with Gasteiger partial charge in [0.1, 0.15) is 5.54 Å². The van der Waals surface area contributed by atoms with E-state index in [1.807, 2.05) is 0 Å². The number of amides is 1. The topological polar surface area (TPSA) is 119 Å². The van der Waals surface area contributed by atoms with Gasteiger partial charge in [-0.3, -0.25) is 13.9 Å². The smallest absolute Gasteiger partial charge is 0.225 e. The Morgan fingerprint density at radius 3 is 2.45 bits per heavy atom. The number of nitrogens with zero attached hydrogens (tertiary/aromatic N) is 3. The third kappa shape index (κ3) is 5.64. The molecule has 216 valence electrons. The van der Waals surface area contributed by atoms with Gasteiger partial charge in [-0.25, -0.2) is 4.98 Å². The highest BCUT2D eigenvalue weighted by molar-refractivity contribution is 8.24. The molecule has 8 nitrogen and oxygen atoms in total. The molecule has 2 atom stereocenters. The van der Waals surface area contributed by atoms with E-state index in [9.17, 15) is 19.2 Å². The minimum atomic E-state index is -2.44. The zero-order chi connectivity index (χ0) is 28.0. The number of nitriles is 1. The van der Waals surface area contributed by atoms with Crippen LogP contribution in [-0.4, -0.2) is 63.3 Å². The molecule has 40 heavy (non-hydrogen) atoms. The van der Waals surface area contributed by atoms with Crippen LogP contribution in [0.2, 0.25) is 0 Å². The molecule has 2 saturated heterocycles. The molecule has 0 unspecified atom stereocenters. The van der Waals surface area contributed by atoms with Gasteiger partial charge >= 0.3 is 0 Å². The highest BCUT2D eigenvalue weighted by Crippen LogP contribution is 2.48. The second kappa shape index (κ2) is 10.9. The van der Waals surface area contributed by atoms with Crippen molar-refractivity contribution in [2.24, 2.45) is 5.92 Å². The SMILES string of the molecule is CC1(c2nc([C@@H]3CCCC[C@H]3C(=O)NC3(C#N)CC3)c(-c3ccc(N4CCS(O)(O)CC4)cc3)s2)CCOCC1. The van der Waals surface area contributed by atoms with E-state index in [4.69, 9.17) is 9.72 Å². The highest BCUT2D eigenvalue weighted by atomic mass is 32.3. The number of hydrogen-bond acceptors (Lipinski definition) is 8. The first-order chi connectivity index (χ1) is 19.2. The second-order valence-corrected chi connectivity index (χ2v) is 15.8. The van der Waals surface area contributed by atoms with Crippen molar-refractivity contribution in [1.29, 1.82) is 5.26 Å². The minimum Gasteiger partial charge on any atom is -0.381 e. The van der Waals surface area contributed by atoms with E-state index in [0.717, 1.165) is 91.4 Å². The molecule has 3 heterocycles. The van der Waals surface area contributed by atoms with Crippen LogP contribution in [0.3, 0.4) is 0 Å². The molecule has 1 amide bonds. The largest absolute Gasteiger partial charge is 0.381 e. The van der Waals surface area contributed by atoms with Crippen LogP contribution in [-0.2, 0) is 14.9 Å². The molecule has 2 aliphatic heterocycles. The Labute approximate surface area is 242 Å². The van der Waals surface area contributed by atoms with Crippen molar-refractivity contribution >= 4 is 33.5 Å². The maximum Gasteiger partial charge on any atom is 0.225 e. The molecule has 2 aliphatic carbocycles. The maximum atomic E-state index is 13.5. The van der Waals surface area contributed by atoms with Crippen LogP contribution in [0.1, 0.15) is 74.9 Å². The molecule has 0 spiro atoms. The summed E-state index contributed by atoms with van der Waals surface area (Å²) in [6.07, 6.45) is 7.18. The van der Waals surface area contributed by atoms with Crippen molar-refractivity contribution in [2.75, 3.05) is 42.7 Å². The van der Waals surface area contributed by atoms with Crippen molar-refractivity contribution in [3.63, 3.8) is 0 Å². The van der Waals surface area contributed by atoms with Gasteiger partial charge in [0, 0.05) is 49.2 Å². The molecule has 2 aromatic rings. The number of thiazole rings is 1. The van der Waals surface area contributed by atoms with Crippen LogP contribution in [0.15, 0.2) is 24.3 Å². The van der Waals surface area contributed by atoms with E-state index in [0.29, 0.717) is 24.6 Å². The normalized spacial score (nSPS) is 27.8. The van der Waals surface area contributed by atoms with Crippen LogP contribution in [0.5, 0.6) is 0 Å². The molecule has 3 N–H and O–H groups in total. The number of benzene rings is 1. The fourth-order valence-electron chi connectivity index (χ4n) is 6.38. The van der Waals surface area contributed by atoms with Crippen LogP contribution in [0.25, 0.3) is 10.4 Å². The fraction of sp³-hybridized carbons (Fsp3) is 0.633. The van der Waals surface area contributed by atoms with Gasteiger partial charge in [-0.1, -0.05) is 31.9 Å². The number of ether oxygens (including phenoxy) is 1. The van der Waals surface area contributed by atoms with E-state index in [-0.39, 0.29) is 23.2 Å². The zero-order valence-corrected chi connectivity index (χ0v) is 24.9. The summed E-state index contributed by atoms with van der Waals surface area (Å²) in [5, 5.41) is 13.8. The van der Waals surface area contributed by atoms with Crippen molar-refractivity contribution in [2.45, 2.75) is 75.2 Å². The summed E-state index contributed by atoms with van der Waals surface area (Å²) >= 11 is 1.77. The first-order valence-corrected chi connectivity index (χ1v) is 17.3. The molecule has 6 rings (SSSR count). The summed E-state index contributed by atoms with van der Waals surface area (Å²) in [6, 6.07) is 10.9. The lowest BCUT2D eigenvalue weighted by Gasteiger charge is -2.41. The van der Waals surface area contributed by atoms with Gasteiger partial charge in [0.15, 0.2) is 0 Å². The Bertz CT molecular complexity index is 1270. The van der Waals surface area contributed by atoms with Gasteiger partial charge in [0.05, 0.1) is 33.2 Å². The van der Waals surface area contributed by atoms with E-state index in [2.05, 4.69) is 47.5 Å². The number of anilines is 1. The number of carbonyl (C=O) groups is 1. The van der Waals surface area contributed by atoms with E-state index >= 15 is 0 Å². The predicted molar refractivity (Wildman–Crippen MR) is 160 cm³/mol. The minimum absolute atomic E-state index is 0.00736. The maximum absolute atomic E-state index is 13.5. The Hall–Kier alpha value is -2.16. The average Bonchev–Trinajstić information content (AvgIpc) is 3.59. The summed E-state index contributed by atoms with van der Waals surface area (Å²) in [4.78, 5) is 22.3. The average molecular weight is 585 g/mol. The molecule has 10 heteroatoms. The van der Waals surface area contributed by atoms with Gasteiger partial charge in [-0.15, -0.1) is 11.3 Å². The van der Waals surface area contributed by atoms with E-state index < -0.39 is 16.1 Å². The molecule has 1 aromatic carbocycles.